The second-order valence-corrected chi connectivity index (χ2v) is 8.92. The van der Waals surface area contributed by atoms with E-state index in [0.717, 1.165) is 57.1 Å². The van der Waals surface area contributed by atoms with Crippen LogP contribution in [0, 0.1) is 11.3 Å². The van der Waals surface area contributed by atoms with Gasteiger partial charge in [-0.15, -0.1) is 0 Å². The molecular formula is C27H34N4O2. The number of benzene rings is 2. The van der Waals surface area contributed by atoms with Crippen LogP contribution in [-0.2, 0) is 0 Å². The molecule has 6 nitrogen and oxygen atoms in total. The Labute approximate surface area is 197 Å². The van der Waals surface area contributed by atoms with Crippen LogP contribution in [0.2, 0.25) is 0 Å². The number of nitrogens with zero attached hydrogens (tertiary/aromatic N) is 4. The van der Waals surface area contributed by atoms with E-state index in [4.69, 9.17) is 10.00 Å². The third-order valence-corrected chi connectivity index (χ3v) is 6.56. The normalized spacial score (nSPS) is 17.3. The zero-order chi connectivity index (χ0) is 22.9. The number of piperidine rings is 1. The van der Waals surface area contributed by atoms with Crippen molar-refractivity contribution in [1.29, 1.82) is 5.26 Å². The topological polar surface area (TPSA) is 59.8 Å². The predicted molar refractivity (Wildman–Crippen MR) is 131 cm³/mol. The van der Waals surface area contributed by atoms with Crippen molar-refractivity contribution in [2.75, 3.05) is 57.3 Å². The molecule has 2 fully saturated rings. The van der Waals surface area contributed by atoms with Gasteiger partial charge in [0.05, 0.1) is 18.2 Å². The molecule has 0 aromatic heterocycles. The fraction of sp³-hybridized carbons (Fsp3) is 0.481. The van der Waals surface area contributed by atoms with Crippen LogP contribution in [0.4, 0.5) is 5.69 Å². The molecule has 0 saturated carbocycles. The van der Waals surface area contributed by atoms with Crippen LogP contribution in [0.5, 0.6) is 5.75 Å². The van der Waals surface area contributed by atoms with Crippen LogP contribution in [0.25, 0.3) is 0 Å². The number of carbonyl (C=O) groups is 1. The summed E-state index contributed by atoms with van der Waals surface area (Å²) in [5.74, 6) is 0.920. The Balaban J connectivity index is 1.24. The van der Waals surface area contributed by atoms with Crippen LogP contribution in [0.3, 0.4) is 0 Å². The molecule has 174 valence electrons. The smallest absolute Gasteiger partial charge is 0.253 e. The van der Waals surface area contributed by atoms with Crippen LogP contribution in [0.1, 0.15) is 48.0 Å². The molecule has 2 aromatic rings. The molecule has 1 amide bonds. The van der Waals surface area contributed by atoms with E-state index in [9.17, 15) is 4.79 Å². The Morgan fingerprint density at radius 3 is 2.52 bits per heavy atom. The van der Waals surface area contributed by atoms with Crippen LogP contribution in [0.15, 0.2) is 48.5 Å². The Morgan fingerprint density at radius 1 is 0.909 bits per heavy atom. The van der Waals surface area contributed by atoms with Gasteiger partial charge in [0.1, 0.15) is 5.75 Å². The number of nitriles is 1. The molecular weight excluding hydrogens is 412 g/mol. The molecule has 0 atom stereocenters. The number of rotatable bonds is 7. The molecule has 4 rings (SSSR count). The van der Waals surface area contributed by atoms with Gasteiger partial charge in [-0.05, 0) is 81.2 Å². The Hall–Kier alpha value is -3.04. The van der Waals surface area contributed by atoms with Crippen molar-refractivity contribution in [3.63, 3.8) is 0 Å². The molecule has 6 heteroatoms. The lowest BCUT2D eigenvalue weighted by atomic mass is 10.1. The van der Waals surface area contributed by atoms with E-state index in [2.05, 4.69) is 40.1 Å². The highest BCUT2D eigenvalue weighted by Gasteiger charge is 2.21. The number of carbonyl (C=O) groups excluding carboxylic acids is 1. The maximum absolute atomic E-state index is 12.9. The average Bonchev–Trinajstić information content (AvgIpc) is 3.14. The average molecular weight is 447 g/mol. The summed E-state index contributed by atoms with van der Waals surface area (Å²) in [4.78, 5) is 19.7. The van der Waals surface area contributed by atoms with E-state index >= 15 is 0 Å². The van der Waals surface area contributed by atoms with Gasteiger partial charge in [0.15, 0.2) is 0 Å². The summed E-state index contributed by atoms with van der Waals surface area (Å²) in [5, 5.41) is 9.10. The van der Waals surface area contributed by atoms with Crippen molar-refractivity contribution in [2.24, 2.45) is 0 Å². The van der Waals surface area contributed by atoms with Crippen LogP contribution < -0.4 is 9.64 Å². The third kappa shape index (κ3) is 6.49. The van der Waals surface area contributed by atoms with Crippen LogP contribution >= 0.6 is 0 Å². The highest BCUT2D eigenvalue weighted by atomic mass is 16.5. The highest BCUT2D eigenvalue weighted by molar-refractivity contribution is 5.94. The molecule has 0 spiro atoms. The lowest BCUT2D eigenvalue weighted by Gasteiger charge is -2.26. The third-order valence-electron chi connectivity index (χ3n) is 6.56. The van der Waals surface area contributed by atoms with Gasteiger partial charge in [0.25, 0.3) is 5.91 Å². The molecule has 2 aromatic carbocycles. The van der Waals surface area contributed by atoms with Crippen molar-refractivity contribution in [1.82, 2.24) is 9.80 Å². The standard InChI is InChI=1S/C27H34N4O2/c28-22-23-7-4-8-24(21-23)27(32)31-17-5-16-30(18-19-31)25-9-11-26(12-10-25)33-20-6-15-29-13-2-1-3-14-29/h4,7-12,21H,1-3,5-6,13-20H2. The van der Waals surface area contributed by atoms with E-state index < -0.39 is 0 Å². The maximum Gasteiger partial charge on any atom is 0.253 e. The van der Waals surface area contributed by atoms with E-state index in [1.54, 1.807) is 24.3 Å². The highest BCUT2D eigenvalue weighted by Crippen LogP contribution is 2.22. The molecule has 2 saturated heterocycles. The minimum Gasteiger partial charge on any atom is -0.494 e. The number of hydrogen-bond donors (Lipinski definition) is 0. The molecule has 0 N–H and O–H groups in total. The summed E-state index contributed by atoms with van der Waals surface area (Å²) in [6, 6.07) is 17.4. The van der Waals surface area contributed by atoms with E-state index in [0.29, 0.717) is 17.7 Å². The van der Waals surface area contributed by atoms with E-state index in [-0.39, 0.29) is 5.91 Å². The van der Waals surface area contributed by atoms with Crippen molar-refractivity contribution in [3.8, 4) is 11.8 Å². The number of likely N-dealkylation sites (tertiary alicyclic amines) is 1. The largest absolute Gasteiger partial charge is 0.494 e. The van der Waals surface area contributed by atoms with Gasteiger partial charge in [0.2, 0.25) is 0 Å². The first-order chi connectivity index (χ1) is 16.2. The fourth-order valence-electron chi connectivity index (χ4n) is 4.70. The Kier molecular flexibility index (Phi) is 8.21. The molecule has 0 radical (unpaired) electrons. The zero-order valence-corrected chi connectivity index (χ0v) is 19.4. The molecule has 33 heavy (non-hydrogen) atoms. The second-order valence-electron chi connectivity index (χ2n) is 8.92. The Bertz CT molecular complexity index is 947. The van der Waals surface area contributed by atoms with Crippen molar-refractivity contribution < 1.29 is 9.53 Å². The first kappa shape index (κ1) is 23.1. The minimum atomic E-state index is 0.00208. The lowest BCUT2D eigenvalue weighted by molar-refractivity contribution is 0.0767. The summed E-state index contributed by atoms with van der Waals surface area (Å²) in [5.41, 5.74) is 2.27. The predicted octanol–water partition coefficient (Wildman–Crippen LogP) is 4.17. The number of ether oxygens (including phenoxy) is 1. The van der Waals surface area contributed by atoms with E-state index in [1.165, 1.54) is 32.4 Å². The molecule has 2 aliphatic heterocycles. The number of hydrogen-bond acceptors (Lipinski definition) is 5. The first-order valence-corrected chi connectivity index (χ1v) is 12.2. The summed E-state index contributed by atoms with van der Waals surface area (Å²) in [7, 11) is 0. The molecule has 2 aliphatic rings. The van der Waals surface area contributed by atoms with Crippen molar-refractivity contribution >= 4 is 11.6 Å². The quantitative estimate of drug-likeness (QED) is 0.598. The van der Waals surface area contributed by atoms with Gasteiger partial charge in [-0.1, -0.05) is 12.5 Å². The first-order valence-electron chi connectivity index (χ1n) is 12.2. The second kappa shape index (κ2) is 11.7. The Morgan fingerprint density at radius 2 is 1.73 bits per heavy atom. The molecule has 0 unspecified atom stereocenters. The van der Waals surface area contributed by atoms with Crippen molar-refractivity contribution in [2.45, 2.75) is 32.1 Å². The summed E-state index contributed by atoms with van der Waals surface area (Å²) in [6.07, 6.45) is 6.02. The van der Waals surface area contributed by atoms with E-state index in [1.807, 2.05) is 4.90 Å². The number of anilines is 1. The summed E-state index contributed by atoms with van der Waals surface area (Å²) < 4.78 is 5.96. The van der Waals surface area contributed by atoms with Gasteiger partial charge in [0, 0.05) is 44.0 Å². The van der Waals surface area contributed by atoms with Gasteiger partial charge >= 0.3 is 0 Å². The van der Waals surface area contributed by atoms with Crippen molar-refractivity contribution in [3.05, 3.63) is 59.7 Å². The van der Waals surface area contributed by atoms with Gasteiger partial charge in [-0.2, -0.15) is 5.26 Å². The summed E-state index contributed by atoms with van der Waals surface area (Å²) >= 11 is 0. The van der Waals surface area contributed by atoms with Gasteiger partial charge in [-0.25, -0.2) is 0 Å². The fourth-order valence-corrected chi connectivity index (χ4v) is 4.70. The maximum atomic E-state index is 12.9. The minimum absolute atomic E-state index is 0.00208. The van der Waals surface area contributed by atoms with Gasteiger partial charge < -0.3 is 19.4 Å². The monoisotopic (exact) mass is 446 g/mol. The SMILES string of the molecule is N#Cc1cccc(C(=O)N2CCCN(c3ccc(OCCCN4CCCCC4)cc3)CC2)c1. The molecule has 2 heterocycles. The molecule has 0 bridgehead atoms. The van der Waals surface area contributed by atoms with Gasteiger partial charge in [-0.3, -0.25) is 4.79 Å². The number of amides is 1. The van der Waals surface area contributed by atoms with Crippen LogP contribution in [-0.4, -0.2) is 68.1 Å². The lowest BCUT2D eigenvalue weighted by Crippen LogP contribution is -2.35. The summed E-state index contributed by atoms with van der Waals surface area (Å²) in [6.45, 7) is 7.46. The zero-order valence-electron chi connectivity index (χ0n) is 19.4. The molecule has 0 aliphatic carbocycles.